The molecule has 1 N–H and O–H groups in total. The number of halogens is 1. The van der Waals surface area contributed by atoms with Gasteiger partial charge in [0.2, 0.25) is 5.91 Å². The van der Waals surface area contributed by atoms with E-state index in [1.807, 2.05) is 0 Å². The Balaban J connectivity index is 1.76. The van der Waals surface area contributed by atoms with Gasteiger partial charge in [0.05, 0.1) is 17.9 Å². The highest BCUT2D eigenvalue weighted by atomic mass is 35.5. The van der Waals surface area contributed by atoms with E-state index < -0.39 is 9.84 Å². The van der Waals surface area contributed by atoms with Crippen molar-refractivity contribution in [1.29, 1.82) is 0 Å². The van der Waals surface area contributed by atoms with E-state index >= 15 is 0 Å². The Bertz CT molecular complexity index is 804. The zero-order valence-electron chi connectivity index (χ0n) is 13.7. The van der Waals surface area contributed by atoms with Crippen molar-refractivity contribution in [2.45, 2.75) is 20.0 Å². The Kier molecular flexibility index (Phi) is 7.22. The van der Waals surface area contributed by atoms with Gasteiger partial charge >= 0.3 is 0 Å². The number of benzene rings is 1. The maximum atomic E-state index is 11.8. The van der Waals surface area contributed by atoms with Crippen LogP contribution in [0.4, 0.5) is 0 Å². The van der Waals surface area contributed by atoms with Crippen LogP contribution < -0.4 is 10.1 Å². The number of thiazole rings is 1. The largest absolute Gasteiger partial charge is 0.486 e. The molecule has 1 amide bonds. The number of nitrogens with zero attached hydrogens (tertiary/aromatic N) is 1. The number of carbonyl (C=O) groups excluding carboxylic acids is 1. The van der Waals surface area contributed by atoms with Crippen molar-refractivity contribution in [3.8, 4) is 5.75 Å². The molecule has 1 heterocycles. The molecule has 0 saturated heterocycles. The number of aromatic nitrogens is 1. The maximum absolute atomic E-state index is 11.8. The number of rotatable bonds is 9. The fourth-order valence-corrected chi connectivity index (χ4v) is 3.42. The highest BCUT2D eigenvalue weighted by Crippen LogP contribution is 2.18. The molecule has 0 aliphatic rings. The predicted molar refractivity (Wildman–Crippen MR) is 98.9 cm³/mol. The molecule has 2 rings (SSSR count). The summed E-state index contributed by atoms with van der Waals surface area (Å²) >= 11 is 7.22. The van der Waals surface area contributed by atoms with Gasteiger partial charge < -0.3 is 10.1 Å². The average molecular weight is 403 g/mol. The molecule has 0 spiro atoms. The summed E-state index contributed by atoms with van der Waals surface area (Å²) in [7, 11) is -3.07. The summed E-state index contributed by atoms with van der Waals surface area (Å²) in [6.45, 7) is 2.01. The van der Waals surface area contributed by atoms with Gasteiger partial charge in [-0.2, -0.15) is 0 Å². The van der Waals surface area contributed by atoms with Crippen molar-refractivity contribution in [2.75, 3.05) is 18.1 Å². The van der Waals surface area contributed by atoms with E-state index in [4.69, 9.17) is 16.3 Å². The Morgan fingerprint density at radius 3 is 2.72 bits per heavy atom. The summed E-state index contributed by atoms with van der Waals surface area (Å²) in [5.74, 6) is 0.469. The second-order valence-corrected chi connectivity index (χ2v) is 9.09. The Labute approximate surface area is 156 Å². The molecular formula is C16H19ClN2O4S2. The van der Waals surface area contributed by atoms with Gasteiger partial charge in [0.1, 0.15) is 17.4 Å². The first-order valence-electron chi connectivity index (χ1n) is 7.66. The van der Waals surface area contributed by atoms with Crippen LogP contribution in [0.5, 0.6) is 5.75 Å². The molecule has 136 valence electrons. The van der Waals surface area contributed by atoms with Crippen LogP contribution in [0.1, 0.15) is 17.6 Å². The first kappa shape index (κ1) is 19.7. The normalized spacial score (nSPS) is 11.3. The minimum atomic E-state index is -3.07. The van der Waals surface area contributed by atoms with Crippen molar-refractivity contribution >= 4 is 38.7 Å². The molecule has 1 aromatic heterocycles. The molecule has 0 saturated carbocycles. The zero-order valence-corrected chi connectivity index (χ0v) is 16.1. The monoisotopic (exact) mass is 402 g/mol. The van der Waals surface area contributed by atoms with Crippen LogP contribution in [-0.4, -0.2) is 37.4 Å². The third-order valence-electron chi connectivity index (χ3n) is 3.29. The third-order valence-corrected chi connectivity index (χ3v) is 6.12. The standard InChI is InChI=1S/C16H19ClN2O4S2/c1-2-25(21,22)8-7-18-15(20)9-13-11-24-16(19-13)10-23-14-5-3-12(17)4-6-14/h3-6,11H,2,7-10H2,1H3,(H,18,20). The number of hydrogen-bond donors (Lipinski definition) is 1. The van der Waals surface area contributed by atoms with Crippen LogP contribution in [0.25, 0.3) is 0 Å². The highest BCUT2D eigenvalue weighted by molar-refractivity contribution is 7.91. The van der Waals surface area contributed by atoms with Gasteiger partial charge in [0, 0.05) is 22.7 Å². The molecule has 0 aliphatic carbocycles. The van der Waals surface area contributed by atoms with Gasteiger partial charge in [-0.1, -0.05) is 18.5 Å². The predicted octanol–water partition coefficient (Wildman–Crippen LogP) is 2.47. The maximum Gasteiger partial charge on any atom is 0.226 e. The Morgan fingerprint density at radius 1 is 1.32 bits per heavy atom. The summed E-state index contributed by atoms with van der Waals surface area (Å²) in [6, 6.07) is 7.03. The van der Waals surface area contributed by atoms with Crippen LogP contribution in [0.2, 0.25) is 5.02 Å². The highest BCUT2D eigenvalue weighted by Gasteiger charge is 2.11. The molecule has 9 heteroatoms. The fourth-order valence-electron chi connectivity index (χ4n) is 1.89. The van der Waals surface area contributed by atoms with E-state index in [9.17, 15) is 13.2 Å². The van der Waals surface area contributed by atoms with Crippen molar-refractivity contribution in [1.82, 2.24) is 10.3 Å². The number of carbonyl (C=O) groups is 1. The molecule has 0 bridgehead atoms. The van der Waals surface area contributed by atoms with Crippen LogP contribution >= 0.6 is 22.9 Å². The van der Waals surface area contributed by atoms with Crippen molar-refractivity contribution in [3.63, 3.8) is 0 Å². The van der Waals surface area contributed by atoms with E-state index in [1.54, 1.807) is 36.6 Å². The second-order valence-electron chi connectivity index (χ2n) is 5.24. The number of amides is 1. The van der Waals surface area contributed by atoms with Crippen LogP contribution in [0, 0.1) is 0 Å². The van der Waals surface area contributed by atoms with Gasteiger partial charge in [0.25, 0.3) is 0 Å². The van der Waals surface area contributed by atoms with E-state index in [2.05, 4.69) is 10.3 Å². The molecule has 0 aliphatic heterocycles. The molecule has 0 atom stereocenters. The van der Waals surface area contributed by atoms with Gasteiger partial charge in [-0.15, -0.1) is 11.3 Å². The SMILES string of the molecule is CCS(=O)(=O)CCNC(=O)Cc1csc(COc2ccc(Cl)cc2)n1. The van der Waals surface area contributed by atoms with Crippen LogP contribution in [0.3, 0.4) is 0 Å². The minimum absolute atomic E-state index is 0.0491. The Morgan fingerprint density at radius 2 is 2.04 bits per heavy atom. The topological polar surface area (TPSA) is 85.4 Å². The summed E-state index contributed by atoms with van der Waals surface area (Å²) in [6.07, 6.45) is 0.115. The van der Waals surface area contributed by atoms with E-state index in [0.29, 0.717) is 23.1 Å². The number of hydrogen-bond acceptors (Lipinski definition) is 6. The zero-order chi connectivity index (χ0) is 18.3. The lowest BCUT2D eigenvalue weighted by Crippen LogP contribution is -2.30. The molecule has 0 fully saturated rings. The van der Waals surface area contributed by atoms with Gasteiger partial charge in [-0.05, 0) is 24.3 Å². The second kappa shape index (κ2) is 9.17. The molecule has 0 radical (unpaired) electrons. The molecule has 6 nitrogen and oxygen atoms in total. The van der Waals surface area contributed by atoms with E-state index in [0.717, 1.165) is 5.01 Å². The molecular weight excluding hydrogens is 384 g/mol. The third kappa shape index (κ3) is 7.01. The first-order valence-corrected chi connectivity index (χ1v) is 10.7. The molecule has 25 heavy (non-hydrogen) atoms. The quantitative estimate of drug-likeness (QED) is 0.696. The van der Waals surface area contributed by atoms with E-state index in [1.165, 1.54) is 11.3 Å². The average Bonchev–Trinajstić information content (AvgIpc) is 3.01. The fraction of sp³-hybridized carbons (Fsp3) is 0.375. The van der Waals surface area contributed by atoms with Gasteiger partial charge in [-0.3, -0.25) is 4.79 Å². The number of sulfone groups is 1. The van der Waals surface area contributed by atoms with Crippen molar-refractivity contribution < 1.29 is 17.9 Å². The van der Waals surface area contributed by atoms with E-state index in [-0.39, 0.29) is 30.4 Å². The first-order chi connectivity index (χ1) is 11.9. The van der Waals surface area contributed by atoms with Crippen molar-refractivity contribution in [3.05, 3.63) is 45.4 Å². The summed E-state index contributed by atoms with van der Waals surface area (Å²) in [5, 5.41) is 5.79. The Hall–Kier alpha value is -1.64. The van der Waals surface area contributed by atoms with Crippen LogP contribution in [-0.2, 0) is 27.7 Å². The lowest BCUT2D eigenvalue weighted by Gasteiger charge is -2.04. The number of ether oxygens (including phenoxy) is 1. The summed E-state index contributed by atoms with van der Waals surface area (Å²) < 4.78 is 28.3. The van der Waals surface area contributed by atoms with Gasteiger partial charge in [-0.25, -0.2) is 13.4 Å². The minimum Gasteiger partial charge on any atom is -0.486 e. The summed E-state index contributed by atoms with van der Waals surface area (Å²) in [4.78, 5) is 16.2. The molecule has 0 unspecified atom stereocenters. The lowest BCUT2D eigenvalue weighted by atomic mass is 10.3. The smallest absolute Gasteiger partial charge is 0.226 e. The molecule has 1 aromatic carbocycles. The number of nitrogens with one attached hydrogen (secondary N) is 1. The summed E-state index contributed by atoms with van der Waals surface area (Å²) in [5.41, 5.74) is 0.635. The van der Waals surface area contributed by atoms with Crippen LogP contribution in [0.15, 0.2) is 29.6 Å². The van der Waals surface area contributed by atoms with Crippen molar-refractivity contribution in [2.24, 2.45) is 0 Å². The lowest BCUT2D eigenvalue weighted by molar-refractivity contribution is -0.120. The van der Waals surface area contributed by atoms with Gasteiger partial charge in [0.15, 0.2) is 9.84 Å². The molecule has 2 aromatic rings.